The van der Waals surface area contributed by atoms with Gasteiger partial charge in [-0.25, -0.2) is 17.9 Å². The van der Waals surface area contributed by atoms with E-state index >= 15 is 0 Å². The molecular formula is C13H19ClN2O4S. The average Bonchev–Trinajstić information content (AvgIpc) is 2.44. The molecule has 1 atom stereocenters. The Morgan fingerprint density at radius 3 is 2.62 bits per heavy atom. The number of methoxy groups -OCH3 is 1. The molecule has 1 rings (SSSR count). The number of carbonyl (C=O) groups excluding carboxylic acids is 1. The zero-order chi connectivity index (χ0) is 16.0. The average molecular weight is 335 g/mol. The van der Waals surface area contributed by atoms with Crippen LogP contribution in [0.4, 0.5) is 0 Å². The van der Waals surface area contributed by atoms with Crippen LogP contribution in [-0.4, -0.2) is 40.6 Å². The highest BCUT2D eigenvalue weighted by atomic mass is 35.5. The molecule has 1 aromatic carbocycles. The van der Waals surface area contributed by atoms with Crippen molar-refractivity contribution in [1.82, 2.24) is 10.0 Å². The van der Waals surface area contributed by atoms with Gasteiger partial charge in [-0.2, -0.15) is 0 Å². The van der Waals surface area contributed by atoms with Gasteiger partial charge in [0.05, 0.1) is 22.6 Å². The molecule has 118 valence electrons. The first kappa shape index (κ1) is 17.9. The number of hydrogen-bond donors (Lipinski definition) is 2. The van der Waals surface area contributed by atoms with Gasteiger partial charge in [-0.15, -0.1) is 0 Å². The largest absolute Gasteiger partial charge is 0.465 e. The summed E-state index contributed by atoms with van der Waals surface area (Å²) in [6.07, 6.45) is 0. The number of benzene rings is 1. The third kappa shape index (κ3) is 4.96. The van der Waals surface area contributed by atoms with Crippen LogP contribution in [0.3, 0.4) is 0 Å². The molecule has 0 bridgehead atoms. The lowest BCUT2D eigenvalue weighted by molar-refractivity contribution is 0.0601. The summed E-state index contributed by atoms with van der Waals surface area (Å²) in [4.78, 5) is 11.4. The topological polar surface area (TPSA) is 84.5 Å². The highest BCUT2D eigenvalue weighted by Gasteiger charge is 2.18. The van der Waals surface area contributed by atoms with E-state index in [1.54, 1.807) is 0 Å². The van der Waals surface area contributed by atoms with Crippen LogP contribution in [0.2, 0.25) is 5.02 Å². The van der Waals surface area contributed by atoms with Gasteiger partial charge in [-0.3, -0.25) is 0 Å². The van der Waals surface area contributed by atoms with Gasteiger partial charge in [0.1, 0.15) is 0 Å². The van der Waals surface area contributed by atoms with Gasteiger partial charge in [0.15, 0.2) is 0 Å². The van der Waals surface area contributed by atoms with Crippen LogP contribution in [0.1, 0.15) is 24.2 Å². The Labute approximate surface area is 129 Å². The molecular weight excluding hydrogens is 316 g/mol. The van der Waals surface area contributed by atoms with Gasteiger partial charge < -0.3 is 10.1 Å². The van der Waals surface area contributed by atoms with Crippen molar-refractivity contribution >= 4 is 27.6 Å². The summed E-state index contributed by atoms with van der Waals surface area (Å²) in [5.74, 6) is -0.613. The number of rotatable bonds is 7. The Balaban J connectivity index is 2.89. The molecule has 0 saturated carbocycles. The van der Waals surface area contributed by atoms with E-state index in [1.807, 2.05) is 13.8 Å². The number of likely N-dealkylation sites (N-methyl/N-ethyl adjacent to an activating group) is 1. The first-order valence-electron chi connectivity index (χ1n) is 6.42. The minimum atomic E-state index is -3.67. The maximum absolute atomic E-state index is 12.1. The second-order valence-corrected chi connectivity index (χ2v) is 6.62. The van der Waals surface area contributed by atoms with Gasteiger partial charge >= 0.3 is 5.97 Å². The van der Waals surface area contributed by atoms with E-state index in [0.29, 0.717) is 0 Å². The van der Waals surface area contributed by atoms with E-state index in [0.717, 1.165) is 6.54 Å². The van der Waals surface area contributed by atoms with Crippen molar-refractivity contribution in [3.63, 3.8) is 0 Å². The van der Waals surface area contributed by atoms with Crippen LogP contribution in [0.15, 0.2) is 23.1 Å². The number of esters is 1. The third-order valence-corrected chi connectivity index (χ3v) is 4.52. The standard InChI is InChI=1S/C13H19ClN2O4S/c1-4-15-9(2)8-16-21(18,19)10-5-6-11(12(14)7-10)13(17)20-3/h5-7,9,15-16H,4,8H2,1-3H3/t9-/m1/s1. The summed E-state index contributed by atoms with van der Waals surface area (Å²) in [7, 11) is -2.44. The lowest BCUT2D eigenvalue weighted by Gasteiger charge is -2.14. The Morgan fingerprint density at radius 1 is 1.43 bits per heavy atom. The van der Waals surface area contributed by atoms with Crippen molar-refractivity contribution in [2.45, 2.75) is 24.8 Å². The van der Waals surface area contributed by atoms with Crippen LogP contribution < -0.4 is 10.0 Å². The number of nitrogens with one attached hydrogen (secondary N) is 2. The first-order chi connectivity index (χ1) is 9.81. The van der Waals surface area contributed by atoms with Crippen LogP contribution in [-0.2, 0) is 14.8 Å². The normalized spacial score (nSPS) is 13.0. The monoisotopic (exact) mass is 334 g/mol. The molecule has 2 N–H and O–H groups in total. The molecule has 0 fully saturated rings. The van der Waals surface area contributed by atoms with Crippen molar-refractivity contribution < 1.29 is 17.9 Å². The quantitative estimate of drug-likeness (QED) is 0.736. The van der Waals surface area contributed by atoms with Gasteiger partial charge in [-0.05, 0) is 31.7 Å². The number of ether oxygens (including phenoxy) is 1. The fraction of sp³-hybridized carbons (Fsp3) is 0.462. The van der Waals surface area contributed by atoms with E-state index in [1.165, 1.54) is 25.3 Å². The number of carbonyl (C=O) groups is 1. The minimum absolute atomic E-state index is 0.00357. The van der Waals surface area contributed by atoms with Crippen LogP contribution in [0, 0.1) is 0 Å². The van der Waals surface area contributed by atoms with Gasteiger partial charge in [-0.1, -0.05) is 18.5 Å². The lowest BCUT2D eigenvalue weighted by Crippen LogP contribution is -2.38. The molecule has 6 nitrogen and oxygen atoms in total. The van der Waals surface area contributed by atoms with Gasteiger partial charge in [0.25, 0.3) is 0 Å². The molecule has 0 radical (unpaired) electrons. The van der Waals surface area contributed by atoms with Crippen molar-refractivity contribution in [2.75, 3.05) is 20.2 Å². The van der Waals surface area contributed by atoms with Crippen molar-refractivity contribution in [3.8, 4) is 0 Å². The Morgan fingerprint density at radius 2 is 2.10 bits per heavy atom. The number of halogens is 1. The summed E-state index contributed by atoms with van der Waals surface area (Å²) in [6, 6.07) is 3.89. The highest BCUT2D eigenvalue weighted by molar-refractivity contribution is 7.89. The number of sulfonamides is 1. The van der Waals surface area contributed by atoms with Crippen LogP contribution in [0.25, 0.3) is 0 Å². The Hall–Kier alpha value is -1.15. The molecule has 1 aromatic rings. The highest BCUT2D eigenvalue weighted by Crippen LogP contribution is 2.21. The molecule has 0 unspecified atom stereocenters. The summed E-state index contributed by atoms with van der Waals surface area (Å²) in [6.45, 7) is 4.82. The van der Waals surface area contributed by atoms with Crippen LogP contribution in [0.5, 0.6) is 0 Å². The van der Waals surface area contributed by atoms with E-state index < -0.39 is 16.0 Å². The minimum Gasteiger partial charge on any atom is -0.465 e. The summed E-state index contributed by atoms with van der Waals surface area (Å²) in [5.41, 5.74) is 0.124. The molecule has 21 heavy (non-hydrogen) atoms. The maximum Gasteiger partial charge on any atom is 0.339 e. The van der Waals surface area contributed by atoms with Crippen molar-refractivity contribution in [1.29, 1.82) is 0 Å². The molecule has 0 saturated heterocycles. The SMILES string of the molecule is CCN[C@H](C)CNS(=O)(=O)c1ccc(C(=O)OC)c(Cl)c1. The predicted molar refractivity (Wildman–Crippen MR) is 81.1 cm³/mol. The first-order valence-corrected chi connectivity index (χ1v) is 8.28. The molecule has 0 heterocycles. The fourth-order valence-corrected chi connectivity index (χ4v) is 3.16. The Kier molecular flexibility index (Phi) is 6.60. The summed E-state index contributed by atoms with van der Waals surface area (Å²) in [5, 5.41) is 3.13. The zero-order valence-electron chi connectivity index (χ0n) is 12.1. The predicted octanol–water partition coefficient (Wildman–Crippen LogP) is 1.40. The van der Waals surface area contributed by atoms with Crippen molar-refractivity contribution in [3.05, 3.63) is 28.8 Å². The second kappa shape index (κ2) is 7.74. The zero-order valence-corrected chi connectivity index (χ0v) is 13.7. The van der Waals surface area contributed by atoms with Crippen molar-refractivity contribution in [2.24, 2.45) is 0 Å². The summed E-state index contributed by atoms with van der Waals surface area (Å²) >= 11 is 5.92. The third-order valence-electron chi connectivity index (χ3n) is 2.79. The smallest absolute Gasteiger partial charge is 0.339 e. The van der Waals surface area contributed by atoms with E-state index in [9.17, 15) is 13.2 Å². The van der Waals surface area contributed by atoms with E-state index in [4.69, 9.17) is 11.6 Å². The molecule has 0 amide bonds. The molecule has 0 aromatic heterocycles. The molecule has 0 aliphatic heterocycles. The Bertz CT molecular complexity index is 604. The molecule has 0 aliphatic rings. The van der Waals surface area contributed by atoms with Gasteiger partial charge in [0, 0.05) is 12.6 Å². The fourth-order valence-electron chi connectivity index (χ4n) is 1.68. The second-order valence-electron chi connectivity index (χ2n) is 4.44. The summed E-state index contributed by atoms with van der Waals surface area (Å²) < 4.78 is 31.3. The molecule has 0 spiro atoms. The number of hydrogen-bond acceptors (Lipinski definition) is 5. The van der Waals surface area contributed by atoms with Gasteiger partial charge in [0.2, 0.25) is 10.0 Å². The van der Waals surface area contributed by atoms with E-state index in [2.05, 4.69) is 14.8 Å². The van der Waals surface area contributed by atoms with E-state index in [-0.39, 0.29) is 28.1 Å². The van der Waals surface area contributed by atoms with Crippen LogP contribution >= 0.6 is 11.6 Å². The maximum atomic E-state index is 12.1. The molecule has 8 heteroatoms. The molecule has 0 aliphatic carbocycles. The lowest BCUT2D eigenvalue weighted by atomic mass is 10.2.